The number of aromatic nitrogens is 1. The monoisotopic (exact) mass is 949 g/mol. The summed E-state index contributed by atoms with van der Waals surface area (Å²) in [6.45, 7) is 0.137. The summed E-state index contributed by atoms with van der Waals surface area (Å²) in [6.07, 6.45) is -2.19. The molecule has 1 aromatic heterocycles. The first kappa shape index (κ1) is 52.7. The van der Waals surface area contributed by atoms with Gasteiger partial charge in [0.2, 0.25) is 41.4 Å². The minimum absolute atomic E-state index is 0.124. The van der Waals surface area contributed by atoms with Gasteiger partial charge in [0.1, 0.15) is 36.3 Å². The van der Waals surface area contributed by atoms with Crippen molar-refractivity contribution in [2.45, 2.75) is 113 Å². The molecule has 0 saturated carbocycles. The van der Waals surface area contributed by atoms with Crippen LogP contribution in [-0.2, 0) is 65.6 Å². The van der Waals surface area contributed by atoms with Crippen LogP contribution >= 0.6 is 0 Å². The molecule has 24 heteroatoms. The van der Waals surface area contributed by atoms with Gasteiger partial charge in [0.05, 0.1) is 12.5 Å². The fourth-order valence-corrected chi connectivity index (χ4v) is 7.53. The maximum atomic E-state index is 14.5. The van der Waals surface area contributed by atoms with E-state index in [0.717, 1.165) is 0 Å². The average molecular weight is 950 g/mol. The number of benzene rings is 2. The Kier molecular flexibility index (Phi) is 19.5. The number of H-pyrrole nitrogens is 1. The number of aliphatic carboxylic acids is 4. The maximum absolute atomic E-state index is 14.5. The molecule has 0 bridgehead atoms. The topological polar surface area (TPSA) is 400 Å². The Balaban J connectivity index is 1.65. The number of hydrogen-bond acceptors (Lipinski definition) is 12. The molecule has 1 saturated heterocycles. The highest BCUT2D eigenvalue weighted by molar-refractivity contribution is 5.98. The molecule has 7 atom stereocenters. The normalized spacial score (nSPS) is 15.9. The van der Waals surface area contributed by atoms with E-state index >= 15 is 0 Å². The number of hydrogen-bond donors (Lipinski definition) is 12. The number of likely N-dealkylation sites (tertiary alicyclic amines) is 1. The van der Waals surface area contributed by atoms with Crippen LogP contribution in [0.1, 0.15) is 68.9 Å². The van der Waals surface area contributed by atoms with E-state index in [-0.39, 0.29) is 38.6 Å². The molecule has 366 valence electrons. The molecule has 3 aromatic rings. The summed E-state index contributed by atoms with van der Waals surface area (Å²) in [5.41, 5.74) is 12.8. The van der Waals surface area contributed by atoms with Gasteiger partial charge in [-0.05, 0) is 49.3 Å². The number of nitrogens with zero attached hydrogens (tertiary/aromatic N) is 1. The number of carboxylic acid groups (broad SMARTS) is 4. The van der Waals surface area contributed by atoms with Crippen molar-refractivity contribution in [3.8, 4) is 0 Å². The summed E-state index contributed by atoms with van der Waals surface area (Å²) in [7, 11) is 0. The third-order valence-electron chi connectivity index (χ3n) is 11.1. The Morgan fingerprint density at radius 2 is 1.18 bits per heavy atom. The Labute approximate surface area is 387 Å². The van der Waals surface area contributed by atoms with Crippen LogP contribution in [0.3, 0.4) is 0 Å². The first-order chi connectivity index (χ1) is 32.2. The highest BCUT2D eigenvalue weighted by Crippen LogP contribution is 2.22. The van der Waals surface area contributed by atoms with Crippen molar-refractivity contribution >= 4 is 76.1 Å². The minimum Gasteiger partial charge on any atom is -0.481 e. The van der Waals surface area contributed by atoms with Gasteiger partial charge in [-0.1, -0.05) is 48.5 Å². The van der Waals surface area contributed by atoms with Crippen LogP contribution in [-0.4, -0.2) is 144 Å². The van der Waals surface area contributed by atoms with Crippen molar-refractivity contribution in [3.63, 3.8) is 0 Å². The first-order valence-electron chi connectivity index (χ1n) is 21.6. The SMILES string of the molecule is NC(=O)CC[C@H](NC(=O)[C@H](CC(=O)O)NC(=O)[C@H](CCC(=O)O)NC(=O)[C@H](Cc1c[nH]c2ccccc12)NC(=O)[C@H](Cc1ccccc1)NC(=O)[C@@H]1CCCN1C(=O)[C@@H](N)CCC(=O)O)C(=O)O. The van der Waals surface area contributed by atoms with E-state index in [1.54, 1.807) is 60.8 Å². The van der Waals surface area contributed by atoms with Crippen molar-refractivity contribution in [3.05, 3.63) is 71.9 Å². The Morgan fingerprint density at radius 1 is 0.632 bits per heavy atom. The van der Waals surface area contributed by atoms with Gasteiger partial charge in [-0.2, -0.15) is 0 Å². The zero-order valence-corrected chi connectivity index (χ0v) is 36.7. The van der Waals surface area contributed by atoms with Gasteiger partial charge in [-0.3, -0.25) is 47.9 Å². The zero-order chi connectivity index (χ0) is 50.1. The molecular weight excluding hydrogens is 895 g/mol. The predicted octanol–water partition coefficient (Wildman–Crippen LogP) is -1.75. The predicted molar refractivity (Wildman–Crippen MR) is 237 cm³/mol. The number of carboxylic acids is 4. The van der Waals surface area contributed by atoms with Crippen LogP contribution in [0.2, 0.25) is 0 Å². The van der Waals surface area contributed by atoms with Crippen molar-refractivity contribution in [1.29, 1.82) is 0 Å². The Hall–Kier alpha value is -7.89. The van der Waals surface area contributed by atoms with E-state index in [1.807, 2.05) is 5.32 Å². The second kappa shape index (κ2) is 25.1. The fourth-order valence-electron chi connectivity index (χ4n) is 7.53. The number of aromatic amines is 1. The lowest BCUT2D eigenvalue weighted by atomic mass is 10.0. The second-order valence-electron chi connectivity index (χ2n) is 16.2. The Morgan fingerprint density at radius 3 is 1.81 bits per heavy atom. The van der Waals surface area contributed by atoms with Crippen LogP contribution in [0.25, 0.3) is 10.9 Å². The molecule has 0 unspecified atom stereocenters. The second-order valence-corrected chi connectivity index (χ2v) is 16.2. The number of carbonyl (C=O) groups is 11. The molecule has 2 aromatic carbocycles. The summed E-state index contributed by atoms with van der Waals surface area (Å²) in [5, 5.41) is 50.3. The van der Waals surface area contributed by atoms with Crippen LogP contribution in [0.5, 0.6) is 0 Å². The summed E-state index contributed by atoms with van der Waals surface area (Å²) in [5.74, 6) is -12.6. The van der Waals surface area contributed by atoms with Crippen molar-refractivity contribution < 1.29 is 73.2 Å². The van der Waals surface area contributed by atoms with Gasteiger partial charge in [0, 0.05) is 55.7 Å². The van der Waals surface area contributed by atoms with E-state index in [2.05, 4.69) is 26.3 Å². The van der Waals surface area contributed by atoms with Crippen molar-refractivity contribution in [2.75, 3.05) is 6.54 Å². The van der Waals surface area contributed by atoms with Gasteiger partial charge in [0.25, 0.3) is 0 Å². The minimum atomic E-state index is -1.98. The molecular formula is C44H55N9O15. The average Bonchev–Trinajstić information content (AvgIpc) is 3.95. The largest absolute Gasteiger partial charge is 0.481 e. The van der Waals surface area contributed by atoms with Crippen molar-refractivity contribution in [2.24, 2.45) is 11.5 Å². The molecule has 1 aliphatic heterocycles. The summed E-state index contributed by atoms with van der Waals surface area (Å²) >= 11 is 0. The maximum Gasteiger partial charge on any atom is 0.326 e. The third-order valence-corrected chi connectivity index (χ3v) is 11.1. The lowest BCUT2D eigenvalue weighted by Crippen LogP contribution is -2.60. The van der Waals surface area contributed by atoms with E-state index in [1.165, 1.54) is 4.90 Å². The molecule has 7 amide bonds. The number of primary amides is 1. The molecule has 24 nitrogen and oxygen atoms in total. The molecule has 1 fully saturated rings. The molecule has 0 aliphatic carbocycles. The van der Waals surface area contributed by atoms with E-state index in [4.69, 9.17) is 16.6 Å². The molecule has 0 spiro atoms. The van der Waals surface area contributed by atoms with Crippen LogP contribution < -0.4 is 38.1 Å². The number of rotatable bonds is 27. The number of para-hydroxylation sites is 1. The molecule has 68 heavy (non-hydrogen) atoms. The lowest BCUT2D eigenvalue weighted by Gasteiger charge is -2.29. The van der Waals surface area contributed by atoms with Crippen molar-refractivity contribution in [1.82, 2.24) is 36.5 Å². The van der Waals surface area contributed by atoms with Gasteiger partial charge >= 0.3 is 23.9 Å². The summed E-state index contributed by atoms with van der Waals surface area (Å²) < 4.78 is 0. The van der Waals surface area contributed by atoms with E-state index < -0.39 is 140 Å². The quantitative estimate of drug-likeness (QED) is 0.0403. The van der Waals surface area contributed by atoms with Gasteiger partial charge in [0.15, 0.2) is 0 Å². The van der Waals surface area contributed by atoms with Crippen LogP contribution in [0, 0.1) is 0 Å². The number of nitrogens with two attached hydrogens (primary N) is 2. The molecule has 0 radical (unpaired) electrons. The highest BCUT2D eigenvalue weighted by atomic mass is 16.4. The summed E-state index contributed by atoms with van der Waals surface area (Å²) in [4.78, 5) is 145. The number of amides is 7. The van der Waals surface area contributed by atoms with Gasteiger partial charge in [-0.25, -0.2) is 4.79 Å². The van der Waals surface area contributed by atoms with E-state index in [0.29, 0.717) is 28.5 Å². The molecule has 1 aliphatic rings. The zero-order valence-electron chi connectivity index (χ0n) is 36.7. The number of nitrogens with one attached hydrogen (secondary N) is 6. The van der Waals surface area contributed by atoms with Crippen LogP contribution in [0.15, 0.2) is 60.8 Å². The summed E-state index contributed by atoms with van der Waals surface area (Å²) in [6, 6.07) is 4.65. The standard InChI is InChI=1S/C44H55N9O15/c45-26(12-16-35(55)56)43(66)53-18-6-11-33(53)42(65)52-30(19-23-7-2-1-3-8-23)39(62)50-31(20-24-22-47-27-10-5-4-9-25(24)27)40(63)48-28(14-17-36(57)58)38(61)51-32(21-37(59)60)41(64)49-29(44(67)68)13-15-34(46)54/h1-5,7-10,22,26,28-33,47H,6,11-21,45H2,(H2,46,54)(H,48,63)(H,49,64)(H,50,62)(H,51,61)(H,52,65)(H,55,56)(H,57,58)(H,59,60)(H,67,68)/t26-,28-,29-,30-,31-,32-,33-/m0/s1. The van der Waals surface area contributed by atoms with Gasteiger partial charge < -0.3 is 68.4 Å². The number of fused-ring (bicyclic) bond motifs is 1. The van der Waals surface area contributed by atoms with Gasteiger partial charge in [-0.15, -0.1) is 0 Å². The fraction of sp³-hybridized carbons (Fsp3) is 0.432. The first-order valence-corrected chi connectivity index (χ1v) is 21.6. The molecule has 4 rings (SSSR count). The third kappa shape index (κ3) is 15.9. The number of carbonyl (C=O) groups excluding carboxylic acids is 7. The lowest BCUT2D eigenvalue weighted by molar-refractivity contribution is -0.144. The highest BCUT2D eigenvalue weighted by Gasteiger charge is 2.39. The molecule has 2 heterocycles. The smallest absolute Gasteiger partial charge is 0.326 e. The van der Waals surface area contributed by atoms with E-state index in [9.17, 15) is 68.1 Å². The Bertz CT molecular complexity index is 2360. The van der Waals surface area contributed by atoms with Crippen LogP contribution in [0.4, 0.5) is 0 Å². The molecule has 14 N–H and O–H groups in total.